The molecule has 2 N–H and O–H groups in total. The summed E-state index contributed by atoms with van der Waals surface area (Å²) in [7, 11) is 0. The molecule has 0 aliphatic heterocycles. The smallest absolute Gasteiger partial charge is 0.156 e. The SMILES string of the molecule is CC(C)ONC=CCCCCOc1c(Cl)cc(O)cc1Cl. The van der Waals surface area contributed by atoms with Crippen LogP contribution in [0.2, 0.25) is 10.0 Å². The standard InChI is InChI=1S/C15H21Cl2NO3/c1-11(2)21-18-7-5-3-4-6-8-20-15-13(16)9-12(19)10-14(15)17/h5,7,9-11,18-19H,3-4,6,8H2,1-2H3. The van der Waals surface area contributed by atoms with Gasteiger partial charge in [0.2, 0.25) is 0 Å². The van der Waals surface area contributed by atoms with Crippen LogP contribution in [-0.4, -0.2) is 17.8 Å². The van der Waals surface area contributed by atoms with Gasteiger partial charge in [-0.2, -0.15) is 0 Å². The highest BCUT2D eigenvalue weighted by molar-refractivity contribution is 6.37. The molecule has 0 saturated carbocycles. The predicted molar refractivity (Wildman–Crippen MR) is 86.0 cm³/mol. The third-order valence-corrected chi connectivity index (χ3v) is 3.05. The topological polar surface area (TPSA) is 50.7 Å². The molecule has 1 aromatic rings. The lowest BCUT2D eigenvalue weighted by atomic mass is 10.2. The minimum atomic E-state index is 0.0265. The zero-order chi connectivity index (χ0) is 15.7. The van der Waals surface area contributed by atoms with E-state index in [9.17, 15) is 5.11 Å². The second kappa shape index (κ2) is 9.77. The number of hydrogen-bond acceptors (Lipinski definition) is 4. The third-order valence-electron chi connectivity index (χ3n) is 2.48. The van der Waals surface area contributed by atoms with Crippen LogP contribution in [0.1, 0.15) is 33.1 Å². The van der Waals surface area contributed by atoms with Gasteiger partial charge in [-0.05, 0) is 33.1 Å². The summed E-state index contributed by atoms with van der Waals surface area (Å²) in [5.41, 5.74) is 2.75. The molecule has 0 atom stereocenters. The molecule has 0 fully saturated rings. The van der Waals surface area contributed by atoms with Gasteiger partial charge in [0, 0.05) is 18.3 Å². The number of phenolic OH excluding ortho intramolecular Hbond substituents is 1. The quantitative estimate of drug-likeness (QED) is 0.508. The molecule has 0 unspecified atom stereocenters. The minimum Gasteiger partial charge on any atom is -0.508 e. The summed E-state index contributed by atoms with van der Waals surface area (Å²) >= 11 is 11.9. The van der Waals surface area contributed by atoms with E-state index in [2.05, 4.69) is 5.48 Å². The summed E-state index contributed by atoms with van der Waals surface area (Å²) in [6.07, 6.45) is 6.73. The van der Waals surface area contributed by atoms with Crippen molar-refractivity contribution in [1.82, 2.24) is 5.48 Å². The van der Waals surface area contributed by atoms with Gasteiger partial charge < -0.3 is 9.84 Å². The summed E-state index contributed by atoms with van der Waals surface area (Å²) in [5.74, 6) is 0.442. The minimum absolute atomic E-state index is 0.0265. The number of hydrogen-bond donors (Lipinski definition) is 2. The lowest BCUT2D eigenvalue weighted by molar-refractivity contribution is 0.0210. The Bertz CT molecular complexity index is 441. The van der Waals surface area contributed by atoms with Crippen molar-refractivity contribution < 1.29 is 14.7 Å². The highest BCUT2D eigenvalue weighted by Crippen LogP contribution is 2.36. The van der Waals surface area contributed by atoms with E-state index in [1.54, 1.807) is 6.20 Å². The van der Waals surface area contributed by atoms with E-state index >= 15 is 0 Å². The average Bonchev–Trinajstić information content (AvgIpc) is 2.38. The molecule has 1 rings (SSSR count). The summed E-state index contributed by atoms with van der Waals surface area (Å²) in [6.45, 7) is 4.43. The number of allylic oxidation sites excluding steroid dienone is 1. The first-order chi connectivity index (χ1) is 10.0. The number of hydroxylamine groups is 1. The van der Waals surface area contributed by atoms with Crippen molar-refractivity contribution in [3.8, 4) is 11.5 Å². The van der Waals surface area contributed by atoms with E-state index in [0.29, 0.717) is 22.4 Å². The third kappa shape index (κ3) is 7.46. The number of unbranched alkanes of at least 4 members (excludes halogenated alkanes) is 2. The van der Waals surface area contributed by atoms with Crippen molar-refractivity contribution in [3.05, 3.63) is 34.5 Å². The van der Waals surface area contributed by atoms with Crippen molar-refractivity contribution in [3.63, 3.8) is 0 Å². The normalized spacial score (nSPS) is 11.3. The summed E-state index contributed by atoms with van der Waals surface area (Å²) in [5, 5.41) is 9.95. The van der Waals surface area contributed by atoms with Crippen LogP contribution >= 0.6 is 23.2 Å². The van der Waals surface area contributed by atoms with Crippen molar-refractivity contribution in [2.75, 3.05) is 6.61 Å². The largest absolute Gasteiger partial charge is 0.508 e. The van der Waals surface area contributed by atoms with Gasteiger partial charge in [-0.15, -0.1) is 0 Å². The monoisotopic (exact) mass is 333 g/mol. The molecule has 0 aliphatic rings. The molecule has 0 aliphatic carbocycles. The van der Waals surface area contributed by atoms with Gasteiger partial charge >= 0.3 is 0 Å². The number of halogens is 2. The molecule has 118 valence electrons. The molecule has 0 saturated heterocycles. The molecule has 0 spiro atoms. The highest BCUT2D eigenvalue weighted by atomic mass is 35.5. The van der Waals surface area contributed by atoms with Crippen LogP contribution in [-0.2, 0) is 4.84 Å². The van der Waals surface area contributed by atoms with Crippen molar-refractivity contribution >= 4 is 23.2 Å². The summed E-state index contributed by atoms with van der Waals surface area (Å²) in [6, 6.07) is 2.82. The molecule has 0 amide bonds. The van der Waals surface area contributed by atoms with Crippen LogP contribution in [0.15, 0.2) is 24.4 Å². The Hall–Kier alpha value is -1.10. The summed E-state index contributed by atoms with van der Waals surface area (Å²) in [4.78, 5) is 5.15. The fourth-order valence-electron chi connectivity index (χ4n) is 1.53. The average molecular weight is 334 g/mol. The molecule has 4 nitrogen and oxygen atoms in total. The van der Waals surface area contributed by atoms with Gasteiger partial charge in [0.25, 0.3) is 0 Å². The lowest BCUT2D eigenvalue weighted by Gasteiger charge is -2.10. The van der Waals surface area contributed by atoms with Crippen molar-refractivity contribution in [2.24, 2.45) is 0 Å². The van der Waals surface area contributed by atoms with Gasteiger partial charge in [-0.25, -0.2) is 0 Å². The van der Waals surface area contributed by atoms with Crippen LogP contribution in [0, 0.1) is 0 Å². The van der Waals surface area contributed by atoms with Crippen LogP contribution in [0.4, 0.5) is 0 Å². The Balaban J connectivity index is 2.18. The van der Waals surface area contributed by atoms with Gasteiger partial charge in [0.15, 0.2) is 5.75 Å². The van der Waals surface area contributed by atoms with Crippen LogP contribution in [0.3, 0.4) is 0 Å². The molecule has 21 heavy (non-hydrogen) atoms. The predicted octanol–water partition coefficient (Wildman–Crippen LogP) is 4.69. The molecule has 0 bridgehead atoms. The number of aromatic hydroxyl groups is 1. The zero-order valence-electron chi connectivity index (χ0n) is 12.2. The number of phenols is 1. The first kappa shape index (κ1) is 18.0. The van der Waals surface area contributed by atoms with Gasteiger partial charge in [0.05, 0.1) is 22.8 Å². The Morgan fingerprint density at radius 2 is 1.90 bits per heavy atom. The van der Waals surface area contributed by atoms with E-state index in [-0.39, 0.29) is 11.9 Å². The molecule has 0 heterocycles. The van der Waals surface area contributed by atoms with E-state index in [1.807, 2.05) is 19.9 Å². The second-order valence-electron chi connectivity index (χ2n) is 4.77. The zero-order valence-corrected chi connectivity index (χ0v) is 13.7. The number of ether oxygens (including phenoxy) is 1. The molecular formula is C15H21Cl2NO3. The first-order valence-electron chi connectivity index (χ1n) is 6.87. The Labute approximate surface area is 135 Å². The van der Waals surface area contributed by atoms with E-state index < -0.39 is 0 Å². The van der Waals surface area contributed by atoms with Crippen LogP contribution < -0.4 is 10.2 Å². The number of rotatable bonds is 9. The Morgan fingerprint density at radius 1 is 1.24 bits per heavy atom. The van der Waals surface area contributed by atoms with Crippen molar-refractivity contribution in [2.45, 2.75) is 39.2 Å². The molecule has 0 aromatic heterocycles. The Morgan fingerprint density at radius 3 is 2.52 bits per heavy atom. The van der Waals surface area contributed by atoms with E-state index in [0.717, 1.165) is 19.3 Å². The van der Waals surface area contributed by atoms with Gasteiger partial charge in [-0.1, -0.05) is 29.3 Å². The molecule has 1 aromatic carbocycles. The maximum atomic E-state index is 9.32. The molecule has 6 heteroatoms. The number of benzene rings is 1. The maximum Gasteiger partial charge on any atom is 0.156 e. The fourth-order valence-corrected chi connectivity index (χ4v) is 2.11. The van der Waals surface area contributed by atoms with Crippen molar-refractivity contribution in [1.29, 1.82) is 0 Å². The summed E-state index contributed by atoms with van der Waals surface area (Å²) < 4.78 is 5.54. The van der Waals surface area contributed by atoms with E-state index in [1.165, 1.54) is 12.1 Å². The maximum absolute atomic E-state index is 9.32. The fraction of sp³-hybridized carbons (Fsp3) is 0.467. The second-order valence-corrected chi connectivity index (χ2v) is 5.58. The lowest BCUT2D eigenvalue weighted by Crippen LogP contribution is -2.13. The van der Waals surface area contributed by atoms with Gasteiger partial charge in [-0.3, -0.25) is 10.3 Å². The first-order valence-corrected chi connectivity index (χ1v) is 7.63. The highest BCUT2D eigenvalue weighted by Gasteiger charge is 2.08. The number of nitrogens with one attached hydrogen (secondary N) is 1. The molecular weight excluding hydrogens is 313 g/mol. The Kier molecular flexibility index (Phi) is 8.35. The van der Waals surface area contributed by atoms with Crippen LogP contribution in [0.5, 0.6) is 11.5 Å². The van der Waals surface area contributed by atoms with Gasteiger partial charge in [0.1, 0.15) is 5.75 Å². The molecule has 0 radical (unpaired) electrons. The van der Waals surface area contributed by atoms with E-state index in [4.69, 9.17) is 32.8 Å². The van der Waals surface area contributed by atoms with Crippen LogP contribution in [0.25, 0.3) is 0 Å².